The number of carbonyl (C=O) groups is 1. The summed E-state index contributed by atoms with van der Waals surface area (Å²) in [5, 5.41) is 0. The van der Waals surface area contributed by atoms with Crippen molar-refractivity contribution in [2.75, 3.05) is 27.3 Å². The minimum Gasteiger partial charge on any atom is -0.465 e. The van der Waals surface area contributed by atoms with E-state index >= 15 is 0 Å². The van der Waals surface area contributed by atoms with Gasteiger partial charge < -0.3 is 9.47 Å². The summed E-state index contributed by atoms with van der Waals surface area (Å²) in [7, 11) is 3.28. The minimum absolute atomic E-state index is 0.266. The van der Waals surface area contributed by atoms with E-state index in [1.807, 2.05) is 25.3 Å². The van der Waals surface area contributed by atoms with Gasteiger partial charge in [-0.15, -0.1) is 0 Å². The Hall–Kier alpha value is -1.39. The fourth-order valence-corrected chi connectivity index (χ4v) is 4.51. The van der Waals surface area contributed by atoms with E-state index in [1.165, 1.54) is 44.8 Å². The number of likely N-dealkylation sites (tertiary alicyclic amines) is 1. The Balaban J connectivity index is 1.69. The molecule has 0 bridgehead atoms. The summed E-state index contributed by atoms with van der Waals surface area (Å²) in [4.78, 5) is 14.2. The second kappa shape index (κ2) is 7.02. The first-order valence-corrected chi connectivity index (χ1v) is 8.59. The van der Waals surface area contributed by atoms with Crippen LogP contribution in [0.1, 0.15) is 48.0 Å². The van der Waals surface area contributed by atoms with Crippen molar-refractivity contribution >= 4 is 5.97 Å². The number of esters is 1. The number of benzene rings is 1. The molecule has 0 aromatic heterocycles. The number of hydrogen-bond acceptors (Lipinski definition) is 4. The van der Waals surface area contributed by atoms with Gasteiger partial charge in [-0.2, -0.15) is 0 Å². The lowest BCUT2D eigenvalue weighted by Crippen LogP contribution is -2.47. The van der Waals surface area contributed by atoms with Crippen LogP contribution in [0.5, 0.6) is 0 Å². The van der Waals surface area contributed by atoms with Gasteiger partial charge in [0.1, 0.15) is 0 Å². The maximum absolute atomic E-state index is 11.7. The molecule has 1 aliphatic carbocycles. The zero-order valence-electron chi connectivity index (χ0n) is 14.2. The standard InChI is InChI=1S/C19H27NO3/c1-22-17-8-4-9-19(17)10-5-11-20(14-19)13-15-6-3-7-16(12-15)18(21)23-2/h3,6-7,12,17H,4-5,8-11,13-14H2,1-2H3/t17-,19-/m1/s1. The third-order valence-corrected chi connectivity index (χ3v) is 5.55. The van der Waals surface area contributed by atoms with E-state index in [1.54, 1.807) is 0 Å². The van der Waals surface area contributed by atoms with Gasteiger partial charge in [0.15, 0.2) is 0 Å². The highest BCUT2D eigenvalue weighted by molar-refractivity contribution is 5.89. The van der Waals surface area contributed by atoms with Gasteiger partial charge in [-0.25, -0.2) is 4.79 Å². The molecule has 3 rings (SSSR count). The number of rotatable bonds is 4. The fourth-order valence-electron chi connectivity index (χ4n) is 4.51. The topological polar surface area (TPSA) is 38.8 Å². The largest absolute Gasteiger partial charge is 0.465 e. The number of nitrogens with zero attached hydrogens (tertiary/aromatic N) is 1. The Labute approximate surface area is 138 Å². The summed E-state index contributed by atoms with van der Waals surface area (Å²) < 4.78 is 10.6. The van der Waals surface area contributed by atoms with Gasteiger partial charge >= 0.3 is 5.97 Å². The zero-order valence-corrected chi connectivity index (χ0v) is 14.2. The van der Waals surface area contributed by atoms with Crippen LogP contribution in [0.4, 0.5) is 0 Å². The van der Waals surface area contributed by atoms with Crippen LogP contribution < -0.4 is 0 Å². The molecule has 1 aromatic rings. The first kappa shape index (κ1) is 16.5. The first-order valence-electron chi connectivity index (χ1n) is 8.59. The van der Waals surface area contributed by atoms with Crippen molar-refractivity contribution in [3.05, 3.63) is 35.4 Å². The molecule has 1 aliphatic heterocycles. The maximum atomic E-state index is 11.7. The minimum atomic E-state index is -0.266. The molecule has 126 valence electrons. The molecule has 0 N–H and O–H groups in total. The highest BCUT2D eigenvalue weighted by Crippen LogP contribution is 2.46. The van der Waals surface area contributed by atoms with Gasteiger partial charge in [0, 0.05) is 25.6 Å². The van der Waals surface area contributed by atoms with Crippen molar-refractivity contribution in [2.45, 2.75) is 44.8 Å². The smallest absolute Gasteiger partial charge is 0.337 e. The van der Waals surface area contributed by atoms with E-state index in [2.05, 4.69) is 11.0 Å². The second-order valence-electron chi connectivity index (χ2n) is 6.99. The van der Waals surface area contributed by atoms with Crippen LogP contribution in [0.2, 0.25) is 0 Å². The Morgan fingerprint density at radius 3 is 2.91 bits per heavy atom. The normalized spacial score (nSPS) is 28.2. The molecule has 1 spiro atoms. The van der Waals surface area contributed by atoms with Gasteiger partial charge in [-0.1, -0.05) is 18.6 Å². The molecule has 0 radical (unpaired) electrons. The lowest BCUT2D eigenvalue weighted by molar-refractivity contribution is -0.0366. The van der Waals surface area contributed by atoms with E-state index in [-0.39, 0.29) is 5.97 Å². The molecular formula is C19H27NO3. The SMILES string of the molecule is COC(=O)c1cccc(CN2CCC[C@]3(CCC[C@H]3OC)C2)c1. The number of piperidine rings is 1. The first-order chi connectivity index (χ1) is 11.2. The average Bonchev–Trinajstić information content (AvgIpc) is 2.96. The van der Waals surface area contributed by atoms with Crippen LogP contribution in [-0.2, 0) is 16.0 Å². The number of ether oxygens (including phenoxy) is 2. The molecule has 1 aromatic carbocycles. The number of carbonyl (C=O) groups excluding carboxylic acids is 1. The number of hydrogen-bond donors (Lipinski definition) is 0. The molecule has 1 saturated carbocycles. The van der Waals surface area contributed by atoms with E-state index in [0.29, 0.717) is 17.1 Å². The highest BCUT2D eigenvalue weighted by atomic mass is 16.5. The summed E-state index contributed by atoms with van der Waals surface area (Å²) in [6, 6.07) is 7.80. The lowest BCUT2D eigenvalue weighted by Gasteiger charge is -2.43. The molecule has 2 atom stereocenters. The van der Waals surface area contributed by atoms with Crippen molar-refractivity contribution in [3.63, 3.8) is 0 Å². The zero-order chi connectivity index (χ0) is 16.3. The van der Waals surface area contributed by atoms with Gasteiger partial charge in [-0.3, -0.25) is 4.90 Å². The Kier molecular flexibility index (Phi) is 5.02. The summed E-state index contributed by atoms with van der Waals surface area (Å²) in [6.45, 7) is 3.12. The predicted molar refractivity (Wildman–Crippen MR) is 89.4 cm³/mol. The Morgan fingerprint density at radius 2 is 2.13 bits per heavy atom. The molecule has 0 unspecified atom stereocenters. The molecule has 2 fully saturated rings. The van der Waals surface area contributed by atoms with Gasteiger partial charge in [0.05, 0.1) is 18.8 Å². The van der Waals surface area contributed by atoms with Crippen molar-refractivity contribution in [3.8, 4) is 0 Å². The molecule has 4 heteroatoms. The van der Waals surface area contributed by atoms with Crippen LogP contribution in [0.15, 0.2) is 24.3 Å². The van der Waals surface area contributed by atoms with E-state index < -0.39 is 0 Å². The molecular weight excluding hydrogens is 290 g/mol. The highest BCUT2D eigenvalue weighted by Gasteiger charge is 2.45. The van der Waals surface area contributed by atoms with Crippen molar-refractivity contribution in [1.82, 2.24) is 4.90 Å². The average molecular weight is 317 g/mol. The summed E-state index contributed by atoms with van der Waals surface area (Å²) in [6.07, 6.45) is 6.68. The van der Waals surface area contributed by atoms with Crippen LogP contribution in [0, 0.1) is 5.41 Å². The molecule has 1 heterocycles. The summed E-state index contributed by atoms with van der Waals surface area (Å²) >= 11 is 0. The Morgan fingerprint density at radius 1 is 1.30 bits per heavy atom. The monoisotopic (exact) mass is 317 g/mol. The molecule has 4 nitrogen and oxygen atoms in total. The summed E-state index contributed by atoms with van der Waals surface area (Å²) in [5.74, 6) is -0.266. The molecule has 0 amide bonds. The Bertz CT molecular complexity index is 559. The van der Waals surface area contributed by atoms with Crippen LogP contribution in [0.25, 0.3) is 0 Å². The van der Waals surface area contributed by atoms with Crippen LogP contribution in [-0.4, -0.2) is 44.3 Å². The van der Waals surface area contributed by atoms with Gasteiger partial charge in [-0.05, 0) is 49.9 Å². The van der Waals surface area contributed by atoms with Gasteiger partial charge in [0.2, 0.25) is 0 Å². The maximum Gasteiger partial charge on any atom is 0.337 e. The van der Waals surface area contributed by atoms with Crippen molar-refractivity contribution < 1.29 is 14.3 Å². The summed E-state index contributed by atoms with van der Waals surface area (Å²) in [5.41, 5.74) is 2.15. The van der Waals surface area contributed by atoms with Gasteiger partial charge in [0.25, 0.3) is 0 Å². The van der Waals surface area contributed by atoms with Crippen molar-refractivity contribution in [1.29, 1.82) is 0 Å². The predicted octanol–water partition coefficient (Wildman–Crippen LogP) is 3.25. The fraction of sp³-hybridized carbons (Fsp3) is 0.632. The second-order valence-corrected chi connectivity index (χ2v) is 6.99. The van der Waals surface area contributed by atoms with Crippen LogP contribution >= 0.6 is 0 Å². The third kappa shape index (κ3) is 3.43. The molecule has 1 saturated heterocycles. The van der Waals surface area contributed by atoms with E-state index in [4.69, 9.17) is 9.47 Å². The molecule has 2 aliphatic rings. The third-order valence-electron chi connectivity index (χ3n) is 5.55. The van der Waals surface area contributed by atoms with Crippen molar-refractivity contribution in [2.24, 2.45) is 5.41 Å². The quantitative estimate of drug-likeness (QED) is 0.799. The van der Waals surface area contributed by atoms with Crippen LogP contribution in [0.3, 0.4) is 0 Å². The number of methoxy groups -OCH3 is 2. The van der Waals surface area contributed by atoms with E-state index in [9.17, 15) is 4.79 Å². The van der Waals surface area contributed by atoms with E-state index in [0.717, 1.165) is 19.6 Å². The lowest BCUT2D eigenvalue weighted by atomic mass is 9.76. The molecule has 23 heavy (non-hydrogen) atoms.